The number of carbonyl (C=O) groups is 2. The molecule has 0 spiro atoms. The van der Waals surface area contributed by atoms with Gasteiger partial charge in [-0.1, -0.05) is 12.1 Å². The predicted molar refractivity (Wildman–Crippen MR) is 73.3 cm³/mol. The molecule has 20 heavy (non-hydrogen) atoms. The maximum atomic E-state index is 12.6. The van der Waals surface area contributed by atoms with Gasteiger partial charge >= 0.3 is 5.97 Å². The fourth-order valence-corrected chi connectivity index (χ4v) is 2.63. The normalized spacial score (nSPS) is 23.8. The van der Waals surface area contributed by atoms with E-state index in [1.54, 1.807) is 36.1 Å². The molecule has 1 aromatic rings. The number of hydrogen-bond acceptors (Lipinski definition) is 4. The highest BCUT2D eigenvalue weighted by atomic mass is 16.5. The van der Waals surface area contributed by atoms with Crippen molar-refractivity contribution in [3.63, 3.8) is 0 Å². The van der Waals surface area contributed by atoms with Gasteiger partial charge in [0.15, 0.2) is 0 Å². The van der Waals surface area contributed by atoms with Crippen LogP contribution in [0.2, 0.25) is 0 Å². The summed E-state index contributed by atoms with van der Waals surface area (Å²) < 4.78 is 4.70. The Morgan fingerprint density at radius 1 is 1.40 bits per heavy atom. The zero-order valence-corrected chi connectivity index (χ0v) is 11.9. The van der Waals surface area contributed by atoms with Gasteiger partial charge in [-0.15, -0.1) is 0 Å². The molecule has 2 rings (SSSR count). The number of nitrogens with zero attached hydrogens (tertiary/aromatic N) is 1. The van der Waals surface area contributed by atoms with Crippen LogP contribution in [0.15, 0.2) is 24.3 Å². The lowest BCUT2D eigenvalue weighted by Crippen LogP contribution is -2.44. The molecule has 1 fully saturated rings. The molecular formula is C15H19NO4. The average Bonchev–Trinajstić information content (AvgIpc) is 2.75. The molecule has 1 saturated heterocycles. The van der Waals surface area contributed by atoms with Crippen molar-refractivity contribution in [2.24, 2.45) is 0 Å². The Kier molecular flexibility index (Phi) is 3.70. The van der Waals surface area contributed by atoms with E-state index in [-0.39, 0.29) is 11.7 Å². The molecular weight excluding hydrogens is 258 g/mol. The van der Waals surface area contributed by atoms with Crippen LogP contribution < -0.4 is 0 Å². The zero-order valence-electron chi connectivity index (χ0n) is 11.9. The standard InChI is InChI=1S/C15H19NO4/c1-10(13(18)20-3)16-9-8-15(2,14(16)19)11-4-6-12(17)7-5-11/h4-7,10,17H,8-9H2,1-3H3/t10-,15?/m1/s1. The second-order valence-electron chi connectivity index (χ2n) is 5.33. The number of methoxy groups -OCH3 is 1. The van der Waals surface area contributed by atoms with Gasteiger partial charge in [-0.05, 0) is 38.0 Å². The molecule has 0 aromatic heterocycles. The number of esters is 1. The first-order valence-electron chi connectivity index (χ1n) is 6.58. The number of benzene rings is 1. The Labute approximate surface area is 118 Å². The number of likely N-dealkylation sites (tertiary alicyclic amines) is 1. The van der Waals surface area contributed by atoms with Crippen molar-refractivity contribution in [1.82, 2.24) is 4.90 Å². The molecule has 0 aliphatic carbocycles. The molecule has 1 heterocycles. The molecule has 1 aliphatic heterocycles. The van der Waals surface area contributed by atoms with Crippen molar-refractivity contribution < 1.29 is 19.4 Å². The lowest BCUT2D eigenvalue weighted by molar-refractivity contribution is -0.151. The Balaban J connectivity index is 2.26. The maximum absolute atomic E-state index is 12.6. The molecule has 1 aliphatic rings. The van der Waals surface area contributed by atoms with E-state index in [0.717, 1.165) is 5.56 Å². The molecule has 108 valence electrons. The highest BCUT2D eigenvalue weighted by Gasteiger charge is 2.46. The Morgan fingerprint density at radius 2 is 2.00 bits per heavy atom. The van der Waals surface area contributed by atoms with E-state index in [1.165, 1.54) is 7.11 Å². The summed E-state index contributed by atoms with van der Waals surface area (Å²) in [5.74, 6) is -0.322. The van der Waals surface area contributed by atoms with Crippen LogP contribution in [0.25, 0.3) is 0 Å². The van der Waals surface area contributed by atoms with Crippen LogP contribution in [0.3, 0.4) is 0 Å². The van der Waals surface area contributed by atoms with E-state index in [2.05, 4.69) is 0 Å². The summed E-state index contributed by atoms with van der Waals surface area (Å²) in [6.07, 6.45) is 0.637. The van der Waals surface area contributed by atoms with E-state index in [4.69, 9.17) is 4.74 Å². The minimum Gasteiger partial charge on any atom is -0.508 e. The predicted octanol–water partition coefficient (Wildman–Crippen LogP) is 1.44. The van der Waals surface area contributed by atoms with Crippen LogP contribution >= 0.6 is 0 Å². The summed E-state index contributed by atoms with van der Waals surface area (Å²) in [5, 5.41) is 9.34. The number of carbonyl (C=O) groups excluding carboxylic acids is 2. The van der Waals surface area contributed by atoms with Crippen LogP contribution in [-0.4, -0.2) is 41.6 Å². The summed E-state index contributed by atoms with van der Waals surface area (Å²) in [5.41, 5.74) is 0.190. The molecule has 0 bridgehead atoms. The van der Waals surface area contributed by atoms with Gasteiger partial charge in [0.05, 0.1) is 12.5 Å². The summed E-state index contributed by atoms with van der Waals surface area (Å²) >= 11 is 0. The van der Waals surface area contributed by atoms with Crippen molar-refractivity contribution in [3.05, 3.63) is 29.8 Å². The molecule has 5 heteroatoms. The molecule has 2 atom stereocenters. The lowest BCUT2D eigenvalue weighted by Gasteiger charge is -2.26. The molecule has 1 N–H and O–H groups in total. The summed E-state index contributed by atoms with van der Waals surface area (Å²) in [6.45, 7) is 4.06. The third-order valence-corrected chi connectivity index (χ3v) is 4.10. The van der Waals surface area contributed by atoms with Gasteiger partial charge in [-0.2, -0.15) is 0 Å². The molecule has 1 aromatic carbocycles. The summed E-state index contributed by atoms with van der Waals surface area (Å²) in [4.78, 5) is 25.8. The minimum absolute atomic E-state index is 0.0823. The Bertz CT molecular complexity index is 525. The third kappa shape index (κ3) is 2.24. The van der Waals surface area contributed by atoms with Crippen molar-refractivity contribution in [1.29, 1.82) is 0 Å². The van der Waals surface area contributed by atoms with Crippen molar-refractivity contribution in [2.45, 2.75) is 31.7 Å². The van der Waals surface area contributed by atoms with Crippen molar-refractivity contribution in [3.8, 4) is 5.75 Å². The second kappa shape index (κ2) is 5.15. The maximum Gasteiger partial charge on any atom is 0.328 e. The van der Waals surface area contributed by atoms with E-state index in [1.807, 2.05) is 6.92 Å². The van der Waals surface area contributed by atoms with Gasteiger partial charge in [0.25, 0.3) is 0 Å². The van der Waals surface area contributed by atoms with Crippen LogP contribution in [0.4, 0.5) is 0 Å². The number of amides is 1. The highest BCUT2D eigenvalue weighted by molar-refractivity contribution is 5.93. The van der Waals surface area contributed by atoms with Gasteiger partial charge in [-0.25, -0.2) is 4.79 Å². The highest BCUT2D eigenvalue weighted by Crippen LogP contribution is 2.37. The second-order valence-corrected chi connectivity index (χ2v) is 5.33. The number of phenols is 1. The largest absolute Gasteiger partial charge is 0.508 e. The van der Waals surface area contributed by atoms with Crippen molar-refractivity contribution >= 4 is 11.9 Å². The van der Waals surface area contributed by atoms with Gasteiger partial charge in [-0.3, -0.25) is 4.79 Å². The Morgan fingerprint density at radius 3 is 2.55 bits per heavy atom. The molecule has 1 amide bonds. The monoisotopic (exact) mass is 277 g/mol. The Hall–Kier alpha value is -2.04. The number of rotatable bonds is 3. The first-order valence-corrected chi connectivity index (χ1v) is 6.58. The summed E-state index contributed by atoms with van der Waals surface area (Å²) in [7, 11) is 1.32. The van der Waals surface area contributed by atoms with Crippen LogP contribution in [0.1, 0.15) is 25.8 Å². The molecule has 0 saturated carbocycles. The lowest BCUT2D eigenvalue weighted by atomic mass is 9.81. The fraction of sp³-hybridized carbons (Fsp3) is 0.467. The van der Waals surface area contributed by atoms with E-state index >= 15 is 0 Å². The zero-order chi connectivity index (χ0) is 14.9. The first kappa shape index (κ1) is 14.4. The average molecular weight is 277 g/mol. The SMILES string of the molecule is COC(=O)[C@@H](C)N1CCC(C)(c2ccc(O)cc2)C1=O. The quantitative estimate of drug-likeness (QED) is 0.849. The van der Waals surface area contributed by atoms with Crippen molar-refractivity contribution in [2.75, 3.05) is 13.7 Å². The van der Waals surface area contributed by atoms with Gasteiger partial charge < -0.3 is 14.7 Å². The number of phenolic OH excluding ortho intramolecular Hbond substituents is 1. The van der Waals surface area contributed by atoms with E-state index < -0.39 is 17.4 Å². The van der Waals surface area contributed by atoms with Crippen LogP contribution in [-0.2, 0) is 19.7 Å². The third-order valence-electron chi connectivity index (χ3n) is 4.10. The number of ether oxygens (including phenoxy) is 1. The van der Waals surface area contributed by atoms with E-state index in [9.17, 15) is 14.7 Å². The van der Waals surface area contributed by atoms with Gasteiger partial charge in [0.1, 0.15) is 11.8 Å². The van der Waals surface area contributed by atoms with E-state index in [0.29, 0.717) is 13.0 Å². The van der Waals surface area contributed by atoms with Crippen LogP contribution in [0.5, 0.6) is 5.75 Å². The fourth-order valence-electron chi connectivity index (χ4n) is 2.63. The number of hydrogen-bond donors (Lipinski definition) is 1. The van der Waals surface area contributed by atoms with Crippen LogP contribution in [0, 0.1) is 0 Å². The number of aromatic hydroxyl groups is 1. The van der Waals surface area contributed by atoms with Gasteiger partial charge in [0.2, 0.25) is 5.91 Å². The summed E-state index contributed by atoms with van der Waals surface area (Å²) in [6, 6.07) is 6.06. The molecule has 0 radical (unpaired) electrons. The topological polar surface area (TPSA) is 66.8 Å². The minimum atomic E-state index is -0.657. The first-order chi connectivity index (χ1) is 9.40. The smallest absolute Gasteiger partial charge is 0.328 e. The molecule has 5 nitrogen and oxygen atoms in total. The molecule has 1 unspecified atom stereocenters. The van der Waals surface area contributed by atoms with Gasteiger partial charge in [0, 0.05) is 6.54 Å².